The fourth-order valence-corrected chi connectivity index (χ4v) is 3.33. The van der Waals surface area contributed by atoms with Gasteiger partial charge in [-0.05, 0) is 46.1 Å². The monoisotopic (exact) mass is 240 g/mol. The predicted octanol–water partition coefficient (Wildman–Crippen LogP) is 2.37. The normalized spacial score (nSPS) is 25.9. The highest BCUT2D eigenvalue weighted by Gasteiger charge is 2.33. The molecule has 0 aliphatic carbocycles. The molecule has 1 aromatic rings. The van der Waals surface area contributed by atoms with Gasteiger partial charge in [0.2, 0.25) is 0 Å². The summed E-state index contributed by atoms with van der Waals surface area (Å²) < 4.78 is 5.91. The van der Waals surface area contributed by atoms with Crippen molar-refractivity contribution in [3.05, 3.63) is 15.6 Å². The lowest BCUT2D eigenvalue weighted by atomic mass is 9.97. The second-order valence-electron chi connectivity index (χ2n) is 4.60. The number of thiazole rings is 1. The molecule has 0 aromatic carbocycles. The predicted molar refractivity (Wildman–Crippen MR) is 66.8 cm³/mol. The molecule has 1 aromatic heterocycles. The highest BCUT2D eigenvalue weighted by atomic mass is 32.1. The van der Waals surface area contributed by atoms with Crippen molar-refractivity contribution in [2.75, 3.05) is 13.2 Å². The van der Waals surface area contributed by atoms with E-state index in [0.29, 0.717) is 6.54 Å². The molecule has 2 N–H and O–H groups in total. The quantitative estimate of drug-likeness (QED) is 0.882. The average Bonchev–Trinajstić information content (AvgIpc) is 2.63. The summed E-state index contributed by atoms with van der Waals surface area (Å²) in [5.74, 6) is 0. The average molecular weight is 240 g/mol. The minimum atomic E-state index is -0.152. The number of nitrogens with zero attached hydrogens (tertiary/aromatic N) is 1. The zero-order valence-corrected chi connectivity index (χ0v) is 10.9. The number of ether oxygens (including phenoxy) is 1. The maximum absolute atomic E-state index is 5.91. The van der Waals surface area contributed by atoms with Crippen LogP contribution in [0, 0.1) is 6.92 Å². The van der Waals surface area contributed by atoms with Gasteiger partial charge in [0.25, 0.3) is 0 Å². The number of aromatic nitrogens is 1. The third kappa shape index (κ3) is 2.29. The van der Waals surface area contributed by atoms with E-state index < -0.39 is 0 Å². The molecule has 2 heterocycles. The molecule has 1 fully saturated rings. The summed E-state index contributed by atoms with van der Waals surface area (Å²) in [6.45, 7) is 5.79. The van der Waals surface area contributed by atoms with Gasteiger partial charge in [0.05, 0.1) is 5.69 Å². The Morgan fingerprint density at radius 1 is 1.50 bits per heavy atom. The van der Waals surface area contributed by atoms with Crippen LogP contribution in [0.5, 0.6) is 0 Å². The zero-order valence-electron chi connectivity index (χ0n) is 10.1. The maximum Gasteiger partial charge on any atom is 0.125 e. The molecular weight excluding hydrogens is 220 g/mol. The smallest absolute Gasteiger partial charge is 0.125 e. The Hall–Kier alpha value is -0.450. The van der Waals surface area contributed by atoms with Crippen molar-refractivity contribution in [2.24, 2.45) is 5.73 Å². The number of aryl methyl sites for hydroxylation is 1. The van der Waals surface area contributed by atoms with E-state index in [9.17, 15) is 0 Å². The van der Waals surface area contributed by atoms with Gasteiger partial charge in [-0.2, -0.15) is 0 Å². The van der Waals surface area contributed by atoms with Crippen LogP contribution in [0.1, 0.15) is 41.8 Å². The van der Waals surface area contributed by atoms with E-state index in [0.717, 1.165) is 30.2 Å². The highest BCUT2D eigenvalue weighted by Crippen LogP contribution is 2.37. The standard InChI is InChI=1S/C12H20N2OS/c1-9-10(5-7-13)16-11(14-9)12(2)6-3-4-8-15-12/h3-8,13H2,1-2H3. The number of rotatable bonds is 3. The molecule has 0 amide bonds. The van der Waals surface area contributed by atoms with Crippen molar-refractivity contribution >= 4 is 11.3 Å². The largest absolute Gasteiger partial charge is 0.368 e. The van der Waals surface area contributed by atoms with Crippen molar-refractivity contribution in [3.8, 4) is 0 Å². The lowest BCUT2D eigenvalue weighted by molar-refractivity contribution is -0.0702. The first-order valence-corrected chi connectivity index (χ1v) is 6.78. The Balaban J connectivity index is 2.22. The SMILES string of the molecule is Cc1nc(C2(C)CCCCO2)sc1CCN. The Morgan fingerprint density at radius 2 is 2.31 bits per heavy atom. The van der Waals surface area contributed by atoms with Crippen LogP contribution in [-0.4, -0.2) is 18.1 Å². The molecule has 0 spiro atoms. The highest BCUT2D eigenvalue weighted by molar-refractivity contribution is 7.11. The molecule has 16 heavy (non-hydrogen) atoms. The van der Waals surface area contributed by atoms with E-state index in [4.69, 9.17) is 10.5 Å². The Kier molecular flexibility index (Phi) is 3.62. The van der Waals surface area contributed by atoms with Crippen LogP contribution < -0.4 is 5.73 Å². The Bertz CT molecular complexity index is 356. The molecular formula is C12H20N2OS. The van der Waals surface area contributed by atoms with Gasteiger partial charge in [-0.15, -0.1) is 11.3 Å². The first-order chi connectivity index (χ1) is 7.65. The van der Waals surface area contributed by atoms with Crippen molar-refractivity contribution in [1.82, 2.24) is 4.98 Å². The van der Waals surface area contributed by atoms with Crippen LogP contribution >= 0.6 is 11.3 Å². The van der Waals surface area contributed by atoms with Gasteiger partial charge in [0, 0.05) is 11.5 Å². The Morgan fingerprint density at radius 3 is 2.94 bits per heavy atom. The second-order valence-corrected chi connectivity index (χ2v) is 5.69. The van der Waals surface area contributed by atoms with Crippen LogP contribution in [0.15, 0.2) is 0 Å². The molecule has 0 bridgehead atoms. The fourth-order valence-electron chi connectivity index (χ4n) is 2.12. The van der Waals surface area contributed by atoms with Gasteiger partial charge in [-0.25, -0.2) is 4.98 Å². The molecule has 0 saturated carbocycles. The molecule has 4 heteroatoms. The third-order valence-electron chi connectivity index (χ3n) is 3.19. The third-order valence-corrected chi connectivity index (χ3v) is 4.65. The van der Waals surface area contributed by atoms with E-state index in [2.05, 4.69) is 18.8 Å². The van der Waals surface area contributed by atoms with Crippen LogP contribution in [0.3, 0.4) is 0 Å². The summed E-state index contributed by atoms with van der Waals surface area (Å²) in [5.41, 5.74) is 6.57. The lowest BCUT2D eigenvalue weighted by Crippen LogP contribution is -2.29. The van der Waals surface area contributed by atoms with E-state index >= 15 is 0 Å². The number of hydrogen-bond donors (Lipinski definition) is 1. The Labute approximate surface area is 101 Å². The first kappa shape index (κ1) is 12.0. The van der Waals surface area contributed by atoms with E-state index in [-0.39, 0.29) is 5.60 Å². The van der Waals surface area contributed by atoms with Crippen molar-refractivity contribution in [2.45, 2.75) is 45.1 Å². The number of hydrogen-bond acceptors (Lipinski definition) is 4. The van der Waals surface area contributed by atoms with Gasteiger partial charge < -0.3 is 10.5 Å². The molecule has 0 radical (unpaired) electrons. The van der Waals surface area contributed by atoms with Crippen LogP contribution in [-0.2, 0) is 16.8 Å². The van der Waals surface area contributed by atoms with Gasteiger partial charge >= 0.3 is 0 Å². The summed E-state index contributed by atoms with van der Waals surface area (Å²) in [5, 5.41) is 1.13. The number of nitrogens with two attached hydrogens (primary N) is 1. The summed E-state index contributed by atoms with van der Waals surface area (Å²) in [6, 6.07) is 0. The second kappa shape index (κ2) is 4.82. The van der Waals surface area contributed by atoms with Gasteiger partial charge in [-0.3, -0.25) is 0 Å². The molecule has 2 rings (SSSR count). The molecule has 90 valence electrons. The van der Waals surface area contributed by atoms with E-state index in [1.807, 2.05) is 0 Å². The topological polar surface area (TPSA) is 48.1 Å². The van der Waals surface area contributed by atoms with E-state index in [1.165, 1.54) is 17.7 Å². The molecule has 1 saturated heterocycles. The summed E-state index contributed by atoms with van der Waals surface area (Å²) in [4.78, 5) is 5.98. The fraction of sp³-hybridized carbons (Fsp3) is 0.750. The first-order valence-electron chi connectivity index (χ1n) is 5.96. The lowest BCUT2D eigenvalue weighted by Gasteiger charge is -2.31. The van der Waals surface area contributed by atoms with Crippen molar-refractivity contribution in [3.63, 3.8) is 0 Å². The van der Waals surface area contributed by atoms with Gasteiger partial charge in [0.1, 0.15) is 10.6 Å². The molecule has 1 unspecified atom stereocenters. The van der Waals surface area contributed by atoms with Gasteiger partial charge in [-0.1, -0.05) is 0 Å². The molecule has 3 nitrogen and oxygen atoms in total. The van der Waals surface area contributed by atoms with Crippen molar-refractivity contribution < 1.29 is 4.74 Å². The van der Waals surface area contributed by atoms with Crippen LogP contribution in [0.25, 0.3) is 0 Å². The summed E-state index contributed by atoms with van der Waals surface area (Å²) >= 11 is 1.77. The maximum atomic E-state index is 5.91. The summed E-state index contributed by atoms with van der Waals surface area (Å²) in [6.07, 6.45) is 4.43. The summed E-state index contributed by atoms with van der Waals surface area (Å²) in [7, 11) is 0. The minimum absolute atomic E-state index is 0.152. The molecule has 1 aliphatic heterocycles. The minimum Gasteiger partial charge on any atom is -0.368 e. The van der Waals surface area contributed by atoms with E-state index in [1.54, 1.807) is 11.3 Å². The molecule has 1 aliphatic rings. The van der Waals surface area contributed by atoms with Crippen LogP contribution in [0.2, 0.25) is 0 Å². The molecule has 1 atom stereocenters. The van der Waals surface area contributed by atoms with Crippen LogP contribution in [0.4, 0.5) is 0 Å². The van der Waals surface area contributed by atoms with Crippen molar-refractivity contribution in [1.29, 1.82) is 0 Å². The van der Waals surface area contributed by atoms with Gasteiger partial charge in [0.15, 0.2) is 0 Å². The zero-order chi connectivity index (χ0) is 11.6.